The van der Waals surface area contributed by atoms with Gasteiger partial charge in [0.15, 0.2) is 5.65 Å². The first-order valence-corrected chi connectivity index (χ1v) is 7.30. The number of benzene rings is 1. The maximum absolute atomic E-state index is 5.91. The standard InChI is InChI=1S/C16H16ClN3O/c1-11-8-14-16(18-10-11)20(15(19-14)6-7-17)12-4-3-5-13(9-12)21-2/h3-5,8-10H,6-7H2,1-2H3. The molecule has 0 radical (unpaired) electrons. The van der Waals surface area contributed by atoms with E-state index in [9.17, 15) is 0 Å². The number of aryl methyl sites for hydroxylation is 2. The van der Waals surface area contributed by atoms with Crippen molar-refractivity contribution < 1.29 is 4.74 Å². The number of ether oxygens (including phenoxy) is 1. The van der Waals surface area contributed by atoms with Crippen molar-refractivity contribution in [3.8, 4) is 11.4 Å². The first-order valence-electron chi connectivity index (χ1n) is 6.77. The number of aromatic nitrogens is 3. The van der Waals surface area contributed by atoms with Gasteiger partial charge < -0.3 is 4.74 Å². The van der Waals surface area contributed by atoms with Gasteiger partial charge in [-0.05, 0) is 30.7 Å². The highest BCUT2D eigenvalue weighted by Gasteiger charge is 2.13. The van der Waals surface area contributed by atoms with Gasteiger partial charge in [0.1, 0.15) is 17.1 Å². The topological polar surface area (TPSA) is 39.9 Å². The number of halogens is 1. The highest BCUT2D eigenvalue weighted by Crippen LogP contribution is 2.24. The molecular weight excluding hydrogens is 286 g/mol. The quantitative estimate of drug-likeness (QED) is 0.692. The number of nitrogens with zero attached hydrogens (tertiary/aromatic N) is 3. The molecule has 2 heterocycles. The first kappa shape index (κ1) is 13.9. The molecule has 1 aromatic carbocycles. The number of rotatable bonds is 4. The number of methoxy groups -OCH3 is 1. The van der Waals surface area contributed by atoms with Crippen LogP contribution in [-0.4, -0.2) is 27.5 Å². The predicted molar refractivity (Wildman–Crippen MR) is 84.6 cm³/mol. The van der Waals surface area contributed by atoms with Gasteiger partial charge >= 0.3 is 0 Å². The lowest BCUT2D eigenvalue weighted by Gasteiger charge is -2.09. The summed E-state index contributed by atoms with van der Waals surface area (Å²) < 4.78 is 7.35. The Bertz CT molecular complexity index is 782. The largest absolute Gasteiger partial charge is 0.497 e. The summed E-state index contributed by atoms with van der Waals surface area (Å²) in [5.41, 5.74) is 3.80. The Kier molecular flexibility index (Phi) is 3.80. The van der Waals surface area contributed by atoms with E-state index in [1.165, 1.54) is 0 Å². The maximum atomic E-state index is 5.91. The van der Waals surface area contributed by atoms with Crippen molar-refractivity contribution in [1.29, 1.82) is 0 Å². The number of hydrogen-bond donors (Lipinski definition) is 0. The molecule has 5 heteroatoms. The highest BCUT2D eigenvalue weighted by atomic mass is 35.5. The van der Waals surface area contributed by atoms with Gasteiger partial charge in [-0.3, -0.25) is 4.57 Å². The Morgan fingerprint density at radius 1 is 1.29 bits per heavy atom. The van der Waals surface area contributed by atoms with E-state index in [2.05, 4.69) is 9.97 Å². The molecule has 108 valence electrons. The second kappa shape index (κ2) is 5.74. The minimum absolute atomic E-state index is 0.520. The minimum atomic E-state index is 0.520. The van der Waals surface area contributed by atoms with Crippen LogP contribution < -0.4 is 4.74 Å². The lowest BCUT2D eigenvalue weighted by Crippen LogP contribution is -2.03. The van der Waals surface area contributed by atoms with Crippen LogP contribution in [0.25, 0.3) is 16.9 Å². The van der Waals surface area contributed by atoms with Gasteiger partial charge in [-0.15, -0.1) is 11.6 Å². The van der Waals surface area contributed by atoms with Gasteiger partial charge in [0.25, 0.3) is 0 Å². The van der Waals surface area contributed by atoms with Crippen molar-refractivity contribution in [2.75, 3.05) is 13.0 Å². The number of imidazole rings is 1. The molecule has 0 aliphatic heterocycles. The summed E-state index contributed by atoms with van der Waals surface area (Å²) in [5.74, 6) is 2.23. The summed E-state index contributed by atoms with van der Waals surface area (Å²) in [6.07, 6.45) is 2.54. The van der Waals surface area contributed by atoms with Crippen LogP contribution in [0.3, 0.4) is 0 Å². The lowest BCUT2D eigenvalue weighted by molar-refractivity contribution is 0.414. The SMILES string of the molecule is COc1cccc(-n2c(CCCl)nc3cc(C)cnc32)c1. The van der Waals surface area contributed by atoms with Crippen LogP contribution in [0.15, 0.2) is 36.5 Å². The average Bonchev–Trinajstić information content (AvgIpc) is 2.84. The van der Waals surface area contributed by atoms with E-state index >= 15 is 0 Å². The third-order valence-corrected chi connectivity index (χ3v) is 3.52. The smallest absolute Gasteiger partial charge is 0.164 e. The molecule has 0 bridgehead atoms. The molecule has 0 aliphatic carbocycles. The van der Waals surface area contributed by atoms with Crippen molar-refractivity contribution in [2.24, 2.45) is 0 Å². The number of pyridine rings is 1. The molecular formula is C16H16ClN3O. The zero-order valence-electron chi connectivity index (χ0n) is 12.0. The number of fused-ring (bicyclic) bond motifs is 1. The van der Waals surface area contributed by atoms with Gasteiger partial charge in [-0.2, -0.15) is 0 Å². The zero-order chi connectivity index (χ0) is 14.8. The average molecular weight is 302 g/mol. The molecule has 21 heavy (non-hydrogen) atoms. The predicted octanol–water partition coefficient (Wildman–Crippen LogP) is 3.52. The van der Waals surface area contributed by atoms with Crippen LogP contribution in [-0.2, 0) is 6.42 Å². The number of alkyl halides is 1. The Labute approximate surface area is 128 Å². The molecule has 2 aromatic heterocycles. The van der Waals surface area contributed by atoms with Crippen LogP contribution >= 0.6 is 11.6 Å². The van der Waals surface area contributed by atoms with E-state index in [1.54, 1.807) is 7.11 Å². The fourth-order valence-corrected chi connectivity index (χ4v) is 2.55. The molecule has 0 aliphatic rings. The van der Waals surface area contributed by atoms with Gasteiger partial charge in [0.05, 0.1) is 12.8 Å². The zero-order valence-corrected chi connectivity index (χ0v) is 12.8. The van der Waals surface area contributed by atoms with Gasteiger partial charge in [-0.25, -0.2) is 9.97 Å². The van der Waals surface area contributed by atoms with Crippen molar-refractivity contribution in [1.82, 2.24) is 14.5 Å². The summed E-state index contributed by atoms with van der Waals surface area (Å²) in [7, 11) is 1.66. The Morgan fingerprint density at radius 3 is 2.90 bits per heavy atom. The molecule has 0 amide bonds. The highest BCUT2D eigenvalue weighted by molar-refractivity contribution is 6.17. The molecule has 3 aromatic rings. The van der Waals surface area contributed by atoms with E-state index < -0.39 is 0 Å². The van der Waals surface area contributed by atoms with Crippen LogP contribution in [0.4, 0.5) is 0 Å². The molecule has 0 saturated heterocycles. The normalized spacial score (nSPS) is 11.0. The Hall–Kier alpha value is -2.07. The third kappa shape index (κ3) is 2.59. The van der Waals surface area contributed by atoms with Gasteiger partial charge in [-0.1, -0.05) is 6.07 Å². The summed E-state index contributed by atoms with van der Waals surface area (Å²) in [4.78, 5) is 9.20. The Balaban J connectivity index is 2.25. The van der Waals surface area contributed by atoms with E-state index in [4.69, 9.17) is 16.3 Å². The van der Waals surface area contributed by atoms with E-state index in [1.807, 2.05) is 48.0 Å². The summed E-state index contributed by atoms with van der Waals surface area (Å²) in [6.45, 7) is 2.01. The van der Waals surface area contributed by atoms with Crippen LogP contribution in [0.5, 0.6) is 5.75 Å². The summed E-state index contributed by atoms with van der Waals surface area (Å²) in [6, 6.07) is 9.90. The van der Waals surface area contributed by atoms with Crippen molar-refractivity contribution in [3.05, 3.63) is 47.9 Å². The monoisotopic (exact) mass is 301 g/mol. The van der Waals surface area contributed by atoms with Crippen LogP contribution in [0, 0.1) is 6.92 Å². The maximum Gasteiger partial charge on any atom is 0.164 e. The molecule has 0 atom stereocenters. The molecule has 4 nitrogen and oxygen atoms in total. The van der Waals surface area contributed by atoms with Crippen LogP contribution in [0.1, 0.15) is 11.4 Å². The minimum Gasteiger partial charge on any atom is -0.497 e. The molecule has 0 fully saturated rings. The molecule has 0 unspecified atom stereocenters. The van der Waals surface area contributed by atoms with Crippen molar-refractivity contribution >= 4 is 22.8 Å². The van der Waals surface area contributed by atoms with E-state index in [0.29, 0.717) is 12.3 Å². The molecule has 0 saturated carbocycles. The lowest BCUT2D eigenvalue weighted by atomic mass is 10.2. The summed E-state index contributed by atoms with van der Waals surface area (Å²) in [5, 5.41) is 0. The molecule has 0 N–H and O–H groups in total. The fraction of sp³-hybridized carbons (Fsp3) is 0.250. The Morgan fingerprint density at radius 2 is 2.14 bits per heavy atom. The molecule has 3 rings (SSSR count). The van der Waals surface area contributed by atoms with Gasteiger partial charge in [0.2, 0.25) is 0 Å². The first-order chi connectivity index (χ1) is 10.2. The number of hydrogen-bond acceptors (Lipinski definition) is 3. The van der Waals surface area contributed by atoms with Gasteiger partial charge in [0, 0.05) is 24.6 Å². The third-order valence-electron chi connectivity index (χ3n) is 3.33. The second-order valence-corrected chi connectivity index (χ2v) is 5.24. The van der Waals surface area contributed by atoms with E-state index in [-0.39, 0.29) is 0 Å². The van der Waals surface area contributed by atoms with E-state index in [0.717, 1.165) is 34.0 Å². The van der Waals surface area contributed by atoms with Crippen molar-refractivity contribution in [3.63, 3.8) is 0 Å². The van der Waals surface area contributed by atoms with Crippen LogP contribution in [0.2, 0.25) is 0 Å². The molecule has 0 spiro atoms. The second-order valence-electron chi connectivity index (χ2n) is 4.86. The van der Waals surface area contributed by atoms with Crippen molar-refractivity contribution in [2.45, 2.75) is 13.3 Å². The fourth-order valence-electron chi connectivity index (χ4n) is 2.39. The summed E-state index contributed by atoms with van der Waals surface area (Å²) >= 11 is 5.91.